The first-order valence-electron chi connectivity index (χ1n) is 11.9. The number of carbonyl (C=O) groups excluding carboxylic acids is 2. The lowest BCUT2D eigenvalue weighted by Crippen LogP contribution is -2.40. The monoisotopic (exact) mass is 509 g/mol. The number of hydrogen-bond acceptors (Lipinski definition) is 9. The van der Waals surface area contributed by atoms with E-state index in [9.17, 15) is 9.59 Å². The molecule has 1 unspecified atom stereocenters. The van der Waals surface area contributed by atoms with Crippen LogP contribution in [0.1, 0.15) is 71.2 Å². The van der Waals surface area contributed by atoms with Crippen molar-refractivity contribution in [3.8, 4) is 11.8 Å². The van der Waals surface area contributed by atoms with Gasteiger partial charge >= 0.3 is 11.9 Å². The van der Waals surface area contributed by atoms with Crippen molar-refractivity contribution in [1.29, 1.82) is 5.26 Å². The second kappa shape index (κ2) is 12.3. The first-order valence-corrected chi connectivity index (χ1v) is 11.9. The lowest BCUT2D eigenvalue weighted by Gasteiger charge is -2.26. The summed E-state index contributed by atoms with van der Waals surface area (Å²) in [5.74, 6) is -0.489. The molecule has 0 fully saturated rings. The van der Waals surface area contributed by atoms with Gasteiger partial charge in [0, 0.05) is 17.3 Å². The Morgan fingerprint density at radius 2 is 1.73 bits per heavy atom. The average Bonchev–Trinajstić information content (AvgIpc) is 2.84. The molecule has 0 aromatic heterocycles. The van der Waals surface area contributed by atoms with Gasteiger partial charge in [0.25, 0.3) is 0 Å². The zero-order valence-corrected chi connectivity index (χ0v) is 22.7. The summed E-state index contributed by atoms with van der Waals surface area (Å²) >= 11 is 0. The molecule has 2 rings (SSSR count). The highest BCUT2D eigenvalue weighted by Gasteiger charge is 2.35. The minimum atomic E-state index is -1.31. The molecular weight excluding hydrogens is 474 g/mol. The van der Waals surface area contributed by atoms with Crippen molar-refractivity contribution in [1.82, 2.24) is 0 Å². The largest absolute Gasteiger partial charge is 0.497 e. The minimum absolute atomic E-state index is 0.215. The smallest absolute Gasteiger partial charge is 0.353 e. The molecule has 0 radical (unpaired) electrons. The average molecular weight is 510 g/mol. The van der Waals surface area contributed by atoms with E-state index in [1.165, 1.54) is 7.11 Å². The molecule has 0 aliphatic heterocycles. The number of ether oxygens (including phenoxy) is 3. The normalized spacial score (nSPS) is 12.7. The fourth-order valence-corrected chi connectivity index (χ4v) is 3.10. The Labute approximate surface area is 218 Å². The fraction of sp³-hybridized carbons (Fsp3) is 0.429. The third kappa shape index (κ3) is 8.53. The third-order valence-corrected chi connectivity index (χ3v) is 5.07. The summed E-state index contributed by atoms with van der Waals surface area (Å²) < 4.78 is 16.1. The maximum atomic E-state index is 12.8. The quantitative estimate of drug-likeness (QED) is 0.265. The third-order valence-electron chi connectivity index (χ3n) is 5.07. The van der Waals surface area contributed by atoms with Crippen molar-refractivity contribution in [3.05, 3.63) is 59.2 Å². The Bertz CT molecular complexity index is 1170. The van der Waals surface area contributed by atoms with E-state index in [1.54, 1.807) is 90.9 Å². The molecule has 0 aliphatic carbocycles. The van der Waals surface area contributed by atoms with Crippen LogP contribution in [0.2, 0.25) is 0 Å². The van der Waals surface area contributed by atoms with Gasteiger partial charge in [-0.2, -0.15) is 5.26 Å². The van der Waals surface area contributed by atoms with Crippen LogP contribution >= 0.6 is 0 Å². The van der Waals surface area contributed by atoms with E-state index in [4.69, 9.17) is 24.3 Å². The summed E-state index contributed by atoms with van der Waals surface area (Å²) in [5, 5.41) is 16.5. The number of hydrogen-bond donors (Lipinski definition) is 1. The highest BCUT2D eigenvalue weighted by molar-refractivity contribution is 5.99. The molecule has 2 aromatic rings. The number of nitrogens with zero attached hydrogens (tertiary/aromatic N) is 2. The summed E-state index contributed by atoms with van der Waals surface area (Å²) in [6, 6.07) is 13.2. The SMILES string of the molecule is CCOC(=O)C(Nc1cc(OC)cc(/C(C)=N/OC(C)(C)C(=O)OC(C)(C)C)c1)c1ccc(C#N)cc1. The zero-order chi connectivity index (χ0) is 27.8. The molecule has 1 atom stereocenters. The van der Waals surface area contributed by atoms with E-state index >= 15 is 0 Å². The Morgan fingerprint density at radius 1 is 1.08 bits per heavy atom. The molecule has 0 bridgehead atoms. The number of nitriles is 1. The van der Waals surface area contributed by atoms with Crippen LogP contribution in [0.25, 0.3) is 0 Å². The van der Waals surface area contributed by atoms with Crippen LogP contribution in [0.3, 0.4) is 0 Å². The van der Waals surface area contributed by atoms with Crippen LogP contribution in [0.5, 0.6) is 5.75 Å². The molecule has 0 saturated heterocycles. The zero-order valence-electron chi connectivity index (χ0n) is 22.7. The Balaban J connectivity index is 2.36. The van der Waals surface area contributed by atoms with Crippen molar-refractivity contribution < 1.29 is 28.6 Å². The molecule has 198 valence electrons. The first kappa shape index (κ1) is 29.2. The van der Waals surface area contributed by atoms with Gasteiger partial charge < -0.3 is 24.4 Å². The van der Waals surface area contributed by atoms with Gasteiger partial charge in [0.1, 0.15) is 11.4 Å². The number of benzene rings is 2. The molecule has 1 N–H and O–H groups in total. The Morgan fingerprint density at radius 3 is 2.27 bits per heavy atom. The number of methoxy groups -OCH3 is 1. The standard InChI is InChI=1S/C28H35N3O6/c1-9-35-25(32)24(20-12-10-19(17-29)11-13-20)30-22-14-21(15-23(16-22)34-8)18(2)31-37-28(6,7)26(33)36-27(3,4)5/h10-16,24,30H,9H2,1-8H3/b31-18+. The molecule has 0 saturated carbocycles. The highest BCUT2D eigenvalue weighted by Crippen LogP contribution is 2.27. The lowest BCUT2D eigenvalue weighted by atomic mass is 10.0. The van der Waals surface area contributed by atoms with E-state index in [0.29, 0.717) is 33.8 Å². The van der Waals surface area contributed by atoms with Crippen LogP contribution in [0.4, 0.5) is 5.69 Å². The molecule has 37 heavy (non-hydrogen) atoms. The topological polar surface area (TPSA) is 119 Å². The van der Waals surface area contributed by atoms with E-state index in [2.05, 4.69) is 16.5 Å². The van der Waals surface area contributed by atoms with Gasteiger partial charge in [-0.15, -0.1) is 0 Å². The van der Waals surface area contributed by atoms with Crippen molar-refractivity contribution in [2.24, 2.45) is 5.16 Å². The number of carbonyl (C=O) groups is 2. The summed E-state index contributed by atoms with van der Waals surface area (Å²) in [4.78, 5) is 30.8. The fourth-order valence-electron chi connectivity index (χ4n) is 3.10. The van der Waals surface area contributed by atoms with Crippen LogP contribution in [-0.2, 0) is 23.9 Å². The molecule has 0 spiro atoms. The molecule has 9 nitrogen and oxygen atoms in total. The molecule has 9 heteroatoms. The van der Waals surface area contributed by atoms with Crippen molar-refractivity contribution in [2.45, 2.75) is 65.7 Å². The first-order chi connectivity index (χ1) is 17.3. The predicted octanol–water partition coefficient (Wildman–Crippen LogP) is 5.14. The molecule has 0 heterocycles. The second-order valence-corrected chi connectivity index (χ2v) is 9.79. The number of nitrogens with one attached hydrogen (secondary N) is 1. The maximum absolute atomic E-state index is 12.8. The Kier molecular flexibility index (Phi) is 9.67. The molecular formula is C28H35N3O6. The van der Waals surface area contributed by atoms with Crippen molar-refractivity contribution in [2.75, 3.05) is 19.0 Å². The van der Waals surface area contributed by atoms with Gasteiger partial charge in [-0.3, -0.25) is 0 Å². The lowest BCUT2D eigenvalue weighted by molar-refractivity contribution is -0.179. The minimum Gasteiger partial charge on any atom is -0.497 e. The second-order valence-electron chi connectivity index (χ2n) is 9.79. The number of oxime groups is 1. The molecule has 0 aliphatic rings. The van der Waals surface area contributed by atoms with E-state index < -0.39 is 29.2 Å². The van der Waals surface area contributed by atoms with Crippen LogP contribution in [-0.4, -0.2) is 42.6 Å². The Hall–Kier alpha value is -4.06. The van der Waals surface area contributed by atoms with Crippen LogP contribution in [0, 0.1) is 11.3 Å². The van der Waals surface area contributed by atoms with Crippen molar-refractivity contribution >= 4 is 23.3 Å². The van der Waals surface area contributed by atoms with Gasteiger partial charge in [-0.1, -0.05) is 17.3 Å². The van der Waals surface area contributed by atoms with Gasteiger partial charge in [-0.05, 0) is 78.3 Å². The summed E-state index contributed by atoms with van der Waals surface area (Å²) in [6.07, 6.45) is 0. The molecule has 2 aromatic carbocycles. The van der Waals surface area contributed by atoms with Gasteiger partial charge in [-0.25, -0.2) is 9.59 Å². The highest BCUT2D eigenvalue weighted by atomic mass is 16.7. The molecule has 0 amide bonds. The summed E-state index contributed by atoms with van der Waals surface area (Å²) in [6.45, 7) is 12.2. The van der Waals surface area contributed by atoms with Crippen LogP contribution < -0.4 is 10.1 Å². The number of anilines is 1. The van der Waals surface area contributed by atoms with E-state index in [0.717, 1.165) is 0 Å². The summed E-state index contributed by atoms with van der Waals surface area (Å²) in [5.41, 5.74) is 0.838. The number of esters is 2. The number of rotatable bonds is 10. The van der Waals surface area contributed by atoms with E-state index in [-0.39, 0.29) is 6.61 Å². The van der Waals surface area contributed by atoms with Gasteiger partial charge in [0.2, 0.25) is 5.60 Å². The summed E-state index contributed by atoms with van der Waals surface area (Å²) in [7, 11) is 1.53. The van der Waals surface area contributed by atoms with E-state index in [1.807, 2.05) is 0 Å². The maximum Gasteiger partial charge on any atom is 0.353 e. The van der Waals surface area contributed by atoms with Gasteiger partial charge in [0.05, 0.1) is 31.1 Å². The van der Waals surface area contributed by atoms with Gasteiger partial charge in [0.15, 0.2) is 6.04 Å². The predicted molar refractivity (Wildman–Crippen MR) is 140 cm³/mol. The van der Waals surface area contributed by atoms with Crippen molar-refractivity contribution in [3.63, 3.8) is 0 Å². The van der Waals surface area contributed by atoms with Crippen LogP contribution in [0.15, 0.2) is 47.6 Å².